The number of fused-ring (bicyclic) bond motifs is 1. The van der Waals surface area contributed by atoms with Crippen molar-refractivity contribution in [3.8, 4) is 5.69 Å². The lowest BCUT2D eigenvalue weighted by atomic mass is 9.87. The third-order valence-electron chi connectivity index (χ3n) is 5.86. The molecule has 4 aromatic rings. The topological polar surface area (TPSA) is 64.0 Å². The molecular weight excluding hydrogens is 466 g/mol. The summed E-state index contributed by atoms with van der Waals surface area (Å²) < 4.78 is 1.34. The van der Waals surface area contributed by atoms with Gasteiger partial charge in [-0.2, -0.15) is 9.78 Å². The molecule has 5 nitrogen and oxygen atoms in total. The SMILES string of the molecule is O=C(NC1CCCc2ccccc21)c1ccc(-n2nc(Sc3ccc(Cl)cc3)ccc2=O)cc1. The third-order valence-corrected chi connectivity index (χ3v) is 7.05. The van der Waals surface area contributed by atoms with Crippen molar-refractivity contribution in [3.63, 3.8) is 0 Å². The molecule has 7 heteroatoms. The molecule has 5 rings (SSSR count). The summed E-state index contributed by atoms with van der Waals surface area (Å²) in [6.07, 6.45) is 3.03. The number of halogens is 1. The summed E-state index contributed by atoms with van der Waals surface area (Å²) in [6.45, 7) is 0. The second-order valence-electron chi connectivity index (χ2n) is 8.14. The molecule has 0 bridgehead atoms. The van der Waals surface area contributed by atoms with Crippen LogP contribution in [-0.4, -0.2) is 15.7 Å². The molecule has 3 aromatic carbocycles. The first-order chi connectivity index (χ1) is 16.6. The maximum Gasteiger partial charge on any atom is 0.271 e. The molecule has 1 unspecified atom stereocenters. The fourth-order valence-corrected chi connectivity index (χ4v) is 5.05. The van der Waals surface area contributed by atoms with E-state index in [1.807, 2.05) is 36.4 Å². The Morgan fingerprint density at radius 1 is 0.971 bits per heavy atom. The molecule has 1 heterocycles. The van der Waals surface area contributed by atoms with Crippen LogP contribution in [0.25, 0.3) is 5.69 Å². The standard InChI is InChI=1S/C27H22ClN3O2S/c28-20-10-14-22(15-11-20)34-25-16-17-26(32)31(30-25)21-12-8-19(9-13-21)27(33)29-24-7-3-5-18-4-1-2-6-23(18)24/h1-2,4,6,8-17,24H,3,5,7H2,(H,29,33). The van der Waals surface area contributed by atoms with Crippen LogP contribution in [0.5, 0.6) is 0 Å². The fourth-order valence-electron chi connectivity index (χ4n) is 4.16. The van der Waals surface area contributed by atoms with Gasteiger partial charge >= 0.3 is 0 Å². The first-order valence-electron chi connectivity index (χ1n) is 11.1. The second kappa shape index (κ2) is 9.87. The van der Waals surface area contributed by atoms with E-state index in [-0.39, 0.29) is 17.5 Å². The largest absolute Gasteiger partial charge is 0.345 e. The summed E-state index contributed by atoms with van der Waals surface area (Å²) in [5, 5.41) is 9.00. The maximum atomic E-state index is 12.9. The van der Waals surface area contributed by atoms with Crippen molar-refractivity contribution in [2.24, 2.45) is 0 Å². The summed E-state index contributed by atoms with van der Waals surface area (Å²) >= 11 is 7.40. The number of rotatable bonds is 5. The van der Waals surface area contributed by atoms with Gasteiger partial charge in [-0.25, -0.2) is 0 Å². The highest BCUT2D eigenvalue weighted by Crippen LogP contribution is 2.30. The molecule has 1 aliphatic rings. The van der Waals surface area contributed by atoms with Crippen LogP contribution in [0.15, 0.2) is 99.6 Å². The van der Waals surface area contributed by atoms with Crippen LogP contribution in [0.1, 0.15) is 40.4 Å². The van der Waals surface area contributed by atoms with E-state index in [2.05, 4.69) is 22.5 Å². The molecule has 0 spiro atoms. The molecule has 34 heavy (non-hydrogen) atoms. The zero-order chi connectivity index (χ0) is 23.5. The van der Waals surface area contributed by atoms with Crippen molar-refractivity contribution in [2.75, 3.05) is 0 Å². The molecule has 1 atom stereocenters. The van der Waals surface area contributed by atoms with Gasteiger partial charge in [-0.05, 0) is 85.0 Å². The van der Waals surface area contributed by atoms with Gasteiger partial charge in [0.15, 0.2) is 0 Å². The van der Waals surface area contributed by atoms with Crippen molar-refractivity contribution in [1.82, 2.24) is 15.1 Å². The molecule has 1 aromatic heterocycles. The molecule has 0 saturated heterocycles. The third kappa shape index (κ3) is 4.93. The Morgan fingerprint density at radius 3 is 2.53 bits per heavy atom. The number of aryl methyl sites for hydroxylation is 1. The minimum absolute atomic E-state index is 0.0167. The van der Waals surface area contributed by atoms with Crippen LogP contribution in [0.3, 0.4) is 0 Å². The molecule has 0 fully saturated rings. The molecule has 0 radical (unpaired) electrons. The van der Waals surface area contributed by atoms with Crippen molar-refractivity contribution in [2.45, 2.75) is 35.2 Å². The molecule has 1 N–H and O–H groups in total. The lowest BCUT2D eigenvalue weighted by Gasteiger charge is -2.26. The van der Waals surface area contributed by atoms with E-state index in [1.54, 1.807) is 30.3 Å². The number of aromatic nitrogens is 2. The maximum absolute atomic E-state index is 12.9. The zero-order valence-electron chi connectivity index (χ0n) is 18.3. The van der Waals surface area contributed by atoms with Crippen molar-refractivity contribution in [3.05, 3.63) is 117 Å². The lowest BCUT2D eigenvalue weighted by molar-refractivity contribution is 0.0932. The Bertz CT molecular complexity index is 1380. The smallest absolute Gasteiger partial charge is 0.271 e. The number of nitrogens with zero attached hydrogens (tertiary/aromatic N) is 2. The Morgan fingerprint density at radius 2 is 1.74 bits per heavy atom. The summed E-state index contributed by atoms with van der Waals surface area (Å²) in [5.41, 5.74) is 3.41. The summed E-state index contributed by atoms with van der Waals surface area (Å²) in [6, 6.07) is 25.9. The van der Waals surface area contributed by atoms with Gasteiger partial charge in [0.2, 0.25) is 0 Å². The lowest BCUT2D eigenvalue weighted by Crippen LogP contribution is -2.31. The van der Waals surface area contributed by atoms with Gasteiger partial charge in [0.25, 0.3) is 11.5 Å². The van der Waals surface area contributed by atoms with Crippen LogP contribution < -0.4 is 10.9 Å². The number of nitrogens with one attached hydrogen (secondary N) is 1. The highest BCUT2D eigenvalue weighted by atomic mass is 35.5. The van der Waals surface area contributed by atoms with Gasteiger partial charge in [-0.3, -0.25) is 9.59 Å². The van der Waals surface area contributed by atoms with Crippen LogP contribution in [-0.2, 0) is 6.42 Å². The number of amides is 1. The van der Waals surface area contributed by atoms with E-state index in [9.17, 15) is 9.59 Å². The minimum atomic E-state index is -0.239. The Labute approximate surface area is 206 Å². The Hall–Kier alpha value is -3.35. The highest BCUT2D eigenvalue weighted by molar-refractivity contribution is 7.99. The predicted molar refractivity (Wildman–Crippen MR) is 135 cm³/mol. The van der Waals surface area contributed by atoms with Crippen LogP contribution in [0.4, 0.5) is 0 Å². The first kappa shape index (κ1) is 22.4. The molecule has 0 aliphatic heterocycles. The highest BCUT2D eigenvalue weighted by Gasteiger charge is 2.22. The van der Waals surface area contributed by atoms with Crippen molar-refractivity contribution < 1.29 is 4.79 Å². The van der Waals surface area contributed by atoms with Crippen molar-refractivity contribution in [1.29, 1.82) is 0 Å². The monoisotopic (exact) mass is 487 g/mol. The van der Waals surface area contributed by atoms with Crippen molar-refractivity contribution >= 4 is 29.3 Å². The average molecular weight is 488 g/mol. The van der Waals surface area contributed by atoms with E-state index in [0.29, 0.717) is 21.3 Å². The van der Waals surface area contributed by atoms with Gasteiger partial charge in [-0.1, -0.05) is 47.6 Å². The van der Waals surface area contributed by atoms with Gasteiger partial charge in [0.1, 0.15) is 5.03 Å². The summed E-state index contributed by atoms with van der Waals surface area (Å²) in [4.78, 5) is 26.3. The number of hydrogen-bond acceptors (Lipinski definition) is 4. The van der Waals surface area contributed by atoms with E-state index < -0.39 is 0 Å². The number of hydrogen-bond donors (Lipinski definition) is 1. The van der Waals surface area contributed by atoms with Gasteiger partial charge < -0.3 is 5.32 Å². The van der Waals surface area contributed by atoms with Crippen LogP contribution in [0.2, 0.25) is 5.02 Å². The molecule has 1 amide bonds. The summed E-state index contributed by atoms with van der Waals surface area (Å²) in [5.74, 6) is -0.124. The molecular formula is C27H22ClN3O2S. The normalized spacial score (nSPS) is 14.9. The van der Waals surface area contributed by atoms with E-state index in [0.717, 1.165) is 24.2 Å². The van der Waals surface area contributed by atoms with Crippen LogP contribution in [0, 0.1) is 0 Å². The average Bonchev–Trinajstić information content (AvgIpc) is 2.87. The van der Waals surface area contributed by atoms with Crippen LogP contribution >= 0.6 is 23.4 Å². The zero-order valence-corrected chi connectivity index (χ0v) is 19.9. The Kier molecular flexibility index (Phi) is 6.52. The first-order valence-corrected chi connectivity index (χ1v) is 12.3. The fraction of sp³-hybridized carbons (Fsp3) is 0.148. The number of carbonyl (C=O) groups is 1. The van der Waals surface area contributed by atoms with E-state index in [4.69, 9.17) is 11.6 Å². The quantitative estimate of drug-likeness (QED) is 0.384. The molecule has 170 valence electrons. The van der Waals surface area contributed by atoms with Gasteiger partial charge in [-0.15, -0.1) is 0 Å². The number of carbonyl (C=O) groups excluding carboxylic acids is 1. The van der Waals surface area contributed by atoms with E-state index in [1.165, 1.54) is 33.6 Å². The Balaban J connectivity index is 1.33. The predicted octanol–water partition coefficient (Wildman–Crippen LogP) is 5.84. The molecule has 0 saturated carbocycles. The minimum Gasteiger partial charge on any atom is -0.345 e. The molecule has 1 aliphatic carbocycles. The van der Waals surface area contributed by atoms with E-state index >= 15 is 0 Å². The second-order valence-corrected chi connectivity index (χ2v) is 9.67. The summed E-state index contributed by atoms with van der Waals surface area (Å²) in [7, 11) is 0. The number of benzene rings is 3. The van der Waals surface area contributed by atoms with Gasteiger partial charge in [0.05, 0.1) is 11.7 Å². The van der Waals surface area contributed by atoms with Gasteiger partial charge in [0, 0.05) is 21.5 Å².